The predicted molar refractivity (Wildman–Crippen MR) is 322 cm³/mol. The monoisotopic (exact) mass is 982 g/mol. The Morgan fingerprint density at radius 2 is 0.907 bits per heavy atom. The molecule has 0 saturated heterocycles. The highest BCUT2D eigenvalue weighted by molar-refractivity contribution is 7.01. The molecule has 376 valence electrons. The van der Waals surface area contributed by atoms with Crippen molar-refractivity contribution in [3.8, 4) is 11.1 Å². The quantitative estimate of drug-likeness (QED) is 0.155. The third kappa shape index (κ3) is 8.20. The molecule has 0 fully saturated rings. The van der Waals surface area contributed by atoms with E-state index in [4.69, 9.17) is 4.42 Å². The van der Waals surface area contributed by atoms with E-state index in [0.29, 0.717) is 0 Å². The molecular formula is C70H72BN3O. The molecule has 0 atom stereocenters. The Morgan fingerprint density at radius 3 is 1.43 bits per heavy atom. The molecule has 4 nitrogen and oxygen atoms in total. The first-order valence-corrected chi connectivity index (χ1v) is 27.3. The topological polar surface area (TPSA) is 22.9 Å². The number of para-hydroxylation sites is 2. The van der Waals surface area contributed by atoms with Crippen molar-refractivity contribution in [1.82, 2.24) is 0 Å². The molecule has 0 N–H and O–H groups in total. The van der Waals surface area contributed by atoms with Crippen molar-refractivity contribution < 1.29 is 4.42 Å². The third-order valence-electron chi connectivity index (χ3n) is 17.0. The van der Waals surface area contributed by atoms with E-state index in [1.54, 1.807) is 0 Å². The van der Waals surface area contributed by atoms with Crippen LogP contribution in [0.2, 0.25) is 0 Å². The van der Waals surface area contributed by atoms with E-state index in [9.17, 15) is 0 Å². The molecular weight excluding hydrogens is 910 g/mol. The van der Waals surface area contributed by atoms with Gasteiger partial charge in [0.25, 0.3) is 6.71 Å². The maximum absolute atomic E-state index is 7.58. The van der Waals surface area contributed by atoms with Crippen LogP contribution in [0.4, 0.5) is 51.4 Å². The van der Waals surface area contributed by atoms with E-state index >= 15 is 0 Å². The van der Waals surface area contributed by atoms with E-state index in [-0.39, 0.29) is 33.8 Å². The van der Waals surface area contributed by atoms with Gasteiger partial charge in [-0.3, -0.25) is 4.90 Å². The van der Waals surface area contributed by atoms with Crippen LogP contribution >= 0.6 is 0 Å². The number of anilines is 9. The summed E-state index contributed by atoms with van der Waals surface area (Å²) in [6.07, 6.45) is 2.28. The summed E-state index contributed by atoms with van der Waals surface area (Å²) in [5.74, 6) is 0.902. The van der Waals surface area contributed by atoms with Gasteiger partial charge in [0.1, 0.15) is 5.58 Å². The smallest absolute Gasteiger partial charge is 0.257 e. The molecule has 3 heterocycles. The van der Waals surface area contributed by atoms with Crippen LogP contribution in [0.1, 0.15) is 131 Å². The van der Waals surface area contributed by atoms with Crippen molar-refractivity contribution in [1.29, 1.82) is 0 Å². The molecule has 1 aliphatic carbocycles. The fourth-order valence-electron chi connectivity index (χ4n) is 12.4. The van der Waals surface area contributed by atoms with Gasteiger partial charge in [0.2, 0.25) is 5.88 Å². The molecule has 0 spiro atoms. The first-order chi connectivity index (χ1) is 35.6. The molecule has 0 radical (unpaired) electrons. The van der Waals surface area contributed by atoms with Gasteiger partial charge in [-0.2, -0.15) is 0 Å². The Labute approximate surface area is 447 Å². The highest BCUT2D eigenvalue weighted by Crippen LogP contribution is 2.52. The van der Waals surface area contributed by atoms with Gasteiger partial charge in [-0.15, -0.1) is 0 Å². The minimum atomic E-state index is -0.113. The van der Waals surface area contributed by atoms with Gasteiger partial charge >= 0.3 is 0 Å². The molecule has 0 amide bonds. The lowest BCUT2D eigenvalue weighted by Gasteiger charge is -2.43. The van der Waals surface area contributed by atoms with Crippen molar-refractivity contribution in [2.45, 2.75) is 130 Å². The van der Waals surface area contributed by atoms with Crippen LogP contribution in [0.3, 0.4) is 0 Å². The standard InChI is InChI=1S/C70H72BN3O/c1-66(2,3)47-26-33-53(34-27-47)73-59-37-30-49(68(7,8)9)42-58(59)71-63-55-43-56-57(70(12,13)39-38-69(56,10)11)44-62(55)75-65(63)74(54-35-28-48(29-36-54)67(4,5)6)61-41-46(40-60(73)64(61)71)45-24-31-52(32-25-45)72(50-20-16-14-17-21-50)51-22-18-15-19-23-51/h14-37,40-44H,38-39H2,1-13H3. The van der Waals surface area contributed by atoms with Crippen molar-refractivity contribution in [3.63, 3.8) is 0 Å². The normalized spacial score (nSPS) is 15.6. The number of rotatable bonds is 6. The lowest BCUT2D eigenvalue weighted by atomic mass is 9.33. The number of benzene rings is 8. The van der Waals surface area contributed by atoms with Gasteiger partial charge in [-0.1, -0.05) is 175 Å². The molecule has 0 unspecified atom stereocenters. The zero-order valence-electron chi connectivity index (χ0n) is 46.5. The zero-order valence-corrected chi connectivity index (χ0v) is 46.5. The van der Waals surface area contributed by atoms with Gasteiger partial charge in [0.05, 0.1) is 0 Å². The van der Waals surface area contributed by atoms with Crippen LogP contribution in [0.15, 0.2) is 180 Å². The molecule has 2 aliphatic heterocycles. The Morgan fingerprint density at radius 1 is 0.440 bits per heavy atom. The Balaban J connectivity index is 1.16. The largest absolute Gasteiger partial charge is 0.440 e. The average molecular weight is 982 g/mol. The van der Waals surface area contributed by atoms with Gasteiger partial charge < -0.3 is 14.2 Å². The fourth-order valence-corrected chi connectivity index (χ4v) is 12.4. The van der Waals surface area contributed by atoms with Gasteiger partial charge in [-0.25, -0.2) is 0 Å². The summed E-state index contributed by atoms with van der Waals surface area (Å²) in [6.45, 7) is 30.4. The number of hydrogen-bond donors (Lipinski definition) is 0. The van der Waals surface area contributed by atoms with Crippen LogP contribution < -0.4 is 31.1 Å². The Kier molecular flexibility index (Phi) is 11.1. The summed E-state index contributed by atoms with van der Waals surface area (Å²) in [5, 5.41) is 1.21. The number of hydrogen-bond acceptors (Lipinski definition) is 4. The van der Waals surface area contributed by atoms with Crippen LogP contribution in [0.25, 0.3) is 22.1 Å². The summed E-state index contributed by atoms with van der Waals surface area (Å²) in [5.41, 5.74) is 22.9. The molecule has 12 rings (SSSR count). The fraction of sp³-hybridized carbons (Fsp3) is 0.286. The van der Waals surface area contributed by atoms with E-state index in [0.717, 1.165) is 69.6 Å². The lowest BCUT2D eigenvalue weighted by molar-refractivity contribution is 0.332. The van der Waals surface area contributed by atoms with Crippen molar-refractivity contribution in [2.24, 2.45) is 0 Å². The lowest BCUT2D eigenvalue weighted by Crippen LogP contribution is -2.61. The predicted octanol–water partition coefficient (Wildman–Crippen LogP) is 17.9. The van der Waals surface area contributed by atoms with Gasteiger partial charge in [0.15, 0.2) is 0 Å². The van der Waals surface area contributed by atoms with Crippen molar-refractivity contribution in [3.05, 3.63) is 204 Å². The van der Waals surface area contributed by atoms with E-state index in [1.807, 2.05) is 0 Å². The van der Waals surface area contributed by atoms with Gasteiger partial charge in [-0.05, 0) is 181 Å². The molecule has 0 saturated carbocycles. The van der Waals surface area contributed by atoms with Crippen LogP contribution in [-0.2, 0) is 27.1 Å². The molecule has 1 aromatic heterocycles. The second-order valence-corrected chi connectivity index (χ2v) is 26.2. The number of fused-ring (bicyclic) bond motifs is 7. The number of furan rings is 1. The molecule has 0 bridgehead atoms. The first kappa shape index (κ1) is 48.7. The zero-order chi connectivity index (χ0) is 52.6. The van der Waals surface area contributed by atoms with Crippen LogP contribution in [0.5, 0.6) is 0 Å². The highest BCUT2D eigenvalue weighted by atomic mass is 16.4. The minimum absolute atomic E-state index is 0.00587. The van der Waals surface area contributed by atoms with Crippen molar-refractivity contribution in [2.75, 3.05) is 14.7 Å². The molecule has 9 aromatic rings. The van der Waals surface area contributed by atoms with E-state index in [1.165, 1.54) is 61.0 Å². The van der Waals surface area contributed by atoms with E-state index in [2.05, 4.69) is 281 Å². The van der Waals surface area contributed by atoms with Crippen LogP contribution in [-0.4, -0.2) is 6.71 Å². The molecule has 5 heteroatoms. The SMILES string of the molecule is CC(C)(C)c1ccc(N2c3ccc(C(C)(C)C)cc3B3c4c2cc(-c2ccc(N(c5ccccc5)c5ccccc5)cc2)cc4N(c2ccc(C(C)(C)C)cc2)c2oc4cc5c(cc4c23)C(C)(C)CCC5(C)C)cc1. The Hall–Kier alpha value is -7.24. The average Bonchev–Trinajstić information content (AvgIpc) is 3.96. The highest BCUT2D eigenvalue weighted by Gasteiger charge is 2.48. The third-order valence-corrected chi connectivity index (χ3v) is 17.0. The second-order valence-electron chi connectivity index (χ2n) is 26.2. The van der Waals surface area contributed by atoms with Gasteiger partial charge in [0, 0.05) is 56.3 Å². The Bertz CT molecular complexity index is 3600. The summed E-state index contributed by atoms with van der Waals surface area (Å²) in [7, 11) is 0. The molecule has 75 heavy (non-hydrogen) atoms. The first-order valence-electron chi connectivity index (χ1n) is 27.3. The van der Waals surface area contributed by atoms with E-state index < -0.39 is 0 Å². The summed E-state index contributed by atoms with van der Waals surface area (Å²) in [6, 6.07) is 66.4. The second kappa shape index (κ2) is 17.1. The van der Waals surface area contributed by atoms with Crippen molar-refractivity contribution >= 4 is 85.5 Å². The minimum Gasteiger partial charge on any atom is -0.440 e. The summed E-state index contributed by atoms with van der Waals surface area (Å²) >= 11 is 0. The summed E-state index contributed by atoms with van der Waals surface area (Å²) < 4.78 is 7.58. The molecule has 3 aliphatic rings. The van der Waals surface area contributed by atoms with Crippen LogP contribution in [0, 0.1) is 0 Å². The number of nitrogens with zero attached hydrogens (tertiary/aromatic N) is 3. The molecule has 8 aromatic carbocycles. The summed E-state index contributed by atoms with van der Waals surface area (Å²) in [4.78, 5) is 7.37. The maximum atomic E-state index is 7.58. The maximum Gasteiger partial charge on any atom is 0.257 e.